The number of amides is 1. The molecule has 0 aliphatic heterocycles. The first-order chi connectivity index (χ1) is 10.1. The molecule has 0 fully saturated rings. The number of hydrogen-bond acceptors (Lipinski definition) is 4. The third-order valence-electron chi connectivity index (χ3n) is 3.20. The molecule has 1 N–H and O–H groups in total. The van der Waals surface area contributed by atoms with Crippen LogP contribution in [0.4, 0.5) is 0 Å². The van der Waals surface area contributed by atoms with Crippen molar-refractivity contribution in [3.05, 3.63) is 48.0 Å². The van der Waals surface area contributed by atoms with Gasteiger partial charge in [0.15, 0.2) is 0 Å². The molecule has 0 unspecified atom stereocenters. The molecule has 0 aromatic heterocycles. The van der Waals surface area contributed by atoms with Crippen LogP contribution in [0.2, 0.25) is 0 Å². The summed E-state index contributed by atoms with van der Waals surface area (Å²) >= 11 is 0. The zero-order valence-corrected chi connectivity index (χ0v) is 11.8. The van der Waals surface area contributed by atoms with Crippen molar-refractivity contribution in [3.63, 3.8) is 0 Å². The maximum absolute atomic E-state index is 11.7. The monoisotopic (exact) mass is 287 g/mol. The highest BCUT2D eigenvalue weighted by atomic mass is 16.5. The average Bonchev–Trinajstić information content (AvgIpc) is 2.51. The maximum atomic E-state index is 11.7. The number of methoxy groups -OCH3 is 1. The number of rotatable bonds is 5. The van der Waals surface area contributed by atoms with Gasteiger partial charge >= 0.3 is 5.97 Å². The third kappa shape index (κ3) is 4.03. The smallest absolute Gasteiger partial charge is 0.306 e. The Bertz CT molecular complexity index is 654. The topological polar surface area (TPSA) is 66.8 Å². The van der Waals surface area contributed by atoms with Crippen LogP contribution >= 0.6 is 0 Å². The zero-order chi connectivity index (χ0) is 15.2. The van der Waals surface area contributed by atoms with Gasteiger partial charge in [0, 0.05) is 6.42 Å². The summed E-state index contributed by atoms with van der Waals surface area (Å²) in [7, 11) is 1.26. The minimum absolute atomic E-state index is 0.0376. The summed E-state index contributed by atoms with van der Waals surface area (Å²) in [5, 5.41) is 12.5. The molecule has 0 spiro atoms. The van der Waals surface area contributed by atoms with Crippen LogP contribution in [0.25, 0.3) is 10.8 Å². The zero-order valence-electron chi connectivity index (χ0n) is 11.8. The van der Waals surface area contributed by atoms with E-state index in [-0.39, 0.29) is 19.4 Å². The normalized spacial score (nSPS) is 10.4. The Balaban J connectivity index is 1.98. The van der Waals surface area contributed by atoms with Gasteiger partial charge in [0.25, 0.3) is 0 Å². The Hall–Kier alpha value is -2.40. The number of ether oxygens (including phenoxy) is 1. The van der Waals surface area contributed by atoms with Crippen LogP contribution in [0.3, 0.4) is 0 Å². The first-order valence-corrected chi connectivity index (χ1v) is 6.64. The van der Waals surface area contributed by atoms with Gasteiger partial charge in [0.05, 0.1) is 20.1 Å². The van der Waals surface area contributed by atoms with Crippen LogP contribution in [0.15, 0.2) is 42.5 Å². The molecule has 110 valence electrons. The molecule has 0 aliphatic rings. The van der Waals surface area contributed by atoms with E-state index in [1.807, 2.05) is 42.5 Å². The van der Waals surface area contributed by atoms with Crippen LogP contribution < -0.4 is 0 Å². The molecule has 1 amide bonds. The molecule has 5 nitrogen and oxygen atoms in total. The molecule has 0 saturated heterocycles. The molecule has 0 aliphatic carbocycles. The van der Waals surface area contributed by atoms with Gasteiger partial charge in [-0.1, -0.05) is 36.4 Å². The van der Waals surface area contributed by atoms with Gasteiger partial charge in [-0.15, -0.1) is 0 Å². The van der Waals surface area contributed by atoms with Crippen LogP contribution in [-0.2, 0) is 20.9 Å². The molecule has 2 aromatic rings. The lowest BCUT2D eigenvalue weighted by atomic mass is 10.1. The van der Waals surface area contributed by atoms with E-state index in [2.05, 4.69) is 4.74 Å². The van der Waals surface area contributed by atoms with E-state index in [1.165, 1.54) is 7.11 Å². The lowest BCUT2D eigenvalue weighted by Gasteiger charge is -2.15. The second-order valence-corrected chi connectivity index (χ2v) is 4.71. The van der Waals surface area contributed by atoms with Crippen molar-refractivity contribution >= 4 is 22.6 Å². The first-order valence-electron chi connectivity index (χ1n) is 6.64. The highest BCUT2D eigenvalue weighted by Gasteiger charge is 2.13. The first kappa shape index (κ1) is 15.0. The van der Waals surface area contributed by atoms with E-state index in [9.17, 15) is 14.8 Å². The average molecular weight is 287 g/mol. The molecule has 2 rings (SSSR count). The van der Waals surface area contributed by atoms with Gasteiger partial charge in [-0.25, -0.2) is 5.06 Å². The van der Waals surface area contributed by atoms with E-state index >= 15 is 0 Å². The number of fused-ring (bicyclic) bond motifs is 1. The molecule has 21 heavy (non-hydrogen) atoms. The lowest BCUT2D eigenvalue weighted by molar-refractivity contribution is -0.169. The summed E-state index contributed by atoms with van der Waals surface area (Å²) in [6.07, 6.45) is -0.110. The molecular weight excluding hydrogens is 270 g/mol. The molecule has 0 bridgehead atoms. The molecular formula is C16H17NO4. The number of hydroxylamine groups is 2. The van der Waals surface area contributed by atoms with E-state index in [4.69, 9.17) is 0 Å². The Morgan fingerprint density at radius 2 is 1.81 bits per heavy atom. The quantitative estimate of drug-likeness (QED) is 0.521. The van der Waals surface area contributed by atoms with Crippen molar-refractivity contribution < 1.29 is 19.5 Å². The number of benzene rings is 2. The molecule has 2 aromatic carbocycles. The minimum Gasteiger partial charge on any atom is -0.469 e. The summed E-state index contributed by atoms with van der Waals surface area (Å²) in [5.41, 5.74) is 0.822. The molecule has 0 atom stereocenters. The second kappa shape index (κ2) is 6.85. The van der Waals surface area contributed by atoms with Crippen LogP contribution in [0.1, 0.15) is 18.4 Å². The van der Waals surface area contributed by atoms with Crippen molar-refractivity contribution in [2.75, 3.05) is 7.11 Å². The van der Waals surface area contributed by atoms with Crippen molar-refractivity contribution in [2.24, 2.45) is 0 Å². The van der Waals surface area contributed by atoms with E-state index in [0.717, 1.165) is 16.3 Å². The molecule has 0 radical (unpaired) electrons. The largest absolute Gasteiger partial charge is 0.469 e. The summed E-state index contributed by atoms with van der Waals surface area (Å²) in [6.45, 7) is 0.0881. The Labute approximate surface area is 122 Å². The van der Waals surface area contributed by atoms with Gasteiger partial charge in [0.1, 0.15) is 0 Å². The lowest BCUT2D eigenvalue weighted by Crippen LogP contribution is -2.27. The van der Waals surface area contributed by atoms with E-state index < -0.39 is 11.9 Å². The molecule has 0 saturated carbocycles. The number of hydrogen-bond donors (Lipinski definition) is 1. The Morgan fingerprint density at radius 1 is 1.10 bits per heavy atom. The van der Waals surface area contributed by atoms with Crippen LogP contribution in [0, 0.1) is 0 Å². The predicted molar refractivity (Wildman–Crippen MR) is 77.5 cm³/mol. The minimum atomic E-state index is -0.506. The van der Waals surface area contributed by atoms with Crippen molar-refractivity contribution in [3.8, 4) is 0 Å². The van der Waals surface area contributed by atoms with Gasteiger partial charge in [-0.2, -0.15) is 0 Å². The molecule has 5 heteroatoms. The van der Waals surface area contributed by atoms with E-state index in [1.54, 1.807) is 0 Å². The maximum Gasteiger partial charge on any atom is 0.306 e. The second-order valence-electron chi connectivity index (χ2n) is 4.71. The van der Waals surface area contributed by atoms with Gasteiger partial charge < -0.3 is 4.74 Å². The fourth-order valence-electron chi connectivity index (χ4n) is 2.04. The number of carbonyl (C=O) groups excluding carboxylic acids is 2. The van der Waals surface area contributed by atoms with Gasteiger partial charge in [-0.05, 0) is 22.4 Å². The highest BCUT2D eigenvalue weighted by molar-refractivity contribution is 5.83. The fourth-order valence-corrected chi connectivity index (χ4v) is 2.04. The third-order valence-corrected chi connectivity index (χ3v) is 3.20. The summed E-state index contributed by atoms with van der Waals surface area (Å²) in [4.78, 5) is 22.7. The standard InChI is InChI=1S/C16H17NO4/c1-21-16(19)9-8-15(18)17(20)11-12-6-7-13-4-2-3-5-14(13)10-12/h2-7,10,20H,8-9,11H2,1H3. The van der Waals surface area contributed by atoms with Crippen molar-refractivity contribution in [1.29, 1.82) is 0 Å². The van der Waals surface area contributed by atoms with E-state index in [0.29, 0.717) is 5.06 Å². The molecule has 0 heterocycles. The summed E-state index contributed by atoms with van der Waals surface area (Å²) in [5.74, 6) is -0.976. The summed E-state index contributed by atoms with van der Waals surface area (Å²) < 4.78 is 4.46. The highest BCUT2D eigenvalue weighted by Crippen LogP contribution is 2.16. The summed E-state index contributed by atoms with van der Waals surface area (Å²) in [6, 6.07) is 13.6. The van der Waals surface area contributed by atoms with Gasteiger partial charge in [0.2, 0.25) is 5.91 Å². The van der Waals surface area contributed by atoms with Crippen molar-refractivity contribution in [1.82, 2.24) is 5.06 Å². The van der Waals surface area contributed by atoms with Crippen LogP contribution in [-0.4, -0.2) is 29.3 Å². The van der Waals surface area contributed by atoms with Crippen molar-refractivity contribution in [2.45, 2.75) is 19.4 Å². The predicted octanol–water partition coefficient (Wildman–Crippen LogP) is 2.51. The Kier molecular flexibility index (Phi) is 4.90. The number of esters is 1. The van der Waals surface area contributed by atoms with Gasteiger partial charge in [-0.3, -0.25) is 14.8 Å². The SMILES string of the molecule is COC(=O)CCC(=O)N(O)Cc1ccc2ccccc2c1. The Morgan fingerprint density at radius 3 is 2.52 bits per heavy atom. The van der Waals surface area contributed by atoms with Crippen LogP contribution in [0.5, 0.6) is 0 Å². The fraction of sp³-hybridized carbons (Fsp3) is 0.250. The number of carbonyl (C=O) groups is 2. The number of nitrogens with zero attached hydrogens (tertiary/aromatic N) is 1.